The number of para-hydroxylation sites is 1. The van der Waals surface area contributed by atoms with Crippen molar-refractivity contribution in [2.24, 2.45) is 5.41 Å². The number of fused-ring (bicyclic) bond motifs is 1. The molecule has 18 heavy (non-hydrogen) atoms. The average molecular weight is 267 g/mol. The smallest absolute Gasteiger partial charge is 0.232 e. The molecular formula is C13H15ClN2O2. The Morgan fingerprint density at radius 1 is 1.28 bits per heavy atom. The van der Waals surface area contributed by atoms with Gasteiger partial charge in [-0.2, -0.15) is 0 Å². The number of anilines is 2. The van der Waals surface area contributed by atoms with Gasteiger partial charge in [-0.05, 0) is 25.0 Å². The number of hydrogen-bond donors (Lipinski definition) is 2. The van der Waals surface area contributed by atoms with E-state index in [-0.39, 0.29) is 11.3 Å². The molecule has 2 N–H and O–H groups in total. The third kappa shape index (κ3) is 1.85. The minimum absolute atomic E-state index is 0.0688. The lowest BCUT2D eigenvalue weighted by Crippen LogP contribution is -2.44. The molecule has 4 nitrogen and oxygen atoms in total. The van der Waals surface area contributed by atoms with Gasteiger partial charge >= 0.3 is 0 Å². The molecule has 2 aliphatic rings. The highest BCUT2D eigenvalue weighted by Gasteiger charge is 2.41. The normalized spacial score (nSPS) is 21.7. The van der Waals surface area contributed by atoms with E-state index in [0.29, 0.717) is 24.8 Å². The monoisotopic (exact) mass is 266 g/mol. The van der Waals surface area contributed by atoms with Crippen LogP contribution in [0.4, 0.5) is 11.4 Å². The average Bonchev–Trinajstić information content (AvgIpc) is 2.51. The molecule has 0 aromatic heterocycles. The topological polar surface area (TPSA) is 50.4 Å². The van der Waals surface area contributed by atoms with Crippen LogP contribution in [0.5, 0.6) is 0 Å². The number of carbonyl (C=O) groups is 1. The molecule has 1 aromatic rings. The van der Waals surface area contributed by atoms with Crippen molar-refractivity contribution in [1.82, 2.24) is 0 Å². The number of carbonyl (C=O) groups excluding carboxylic acids is 1. The summed E-state index contributed by atoms with van der Waals surface area (Å²) in [5.74, 6) is 0.0688. The summed E-state index contributed by atoms with van der Waals surface area (Å²) in [5, 5.41) is 6.93. The summed E-state index contributed by atoms with van der Waals surface area (Å²) in [4.78, 5) is 12.4. The summed E-state index contributed by atoms with van der Waals surface area (Å²) < 4.78 is 5.35. The minimum Gasteiger partial charge on any atom is -0.381 e. The zero-order chi connectivity index (χ0) is 12.6. The predicted octanol–water partition coefficient (Wildman–Crippen LogP) is 2.50. The van der Waals surface area contributed by atoms with E-state index in [9.17, 15) is 4.79 Å². The zero-order valence-corrected chi connectivity index (χ0v) is 10.7. The second-order valence-electron chi connectivity index (χ2n) is 4.86. The fourth-order valence-electron chi connectivity index (χ4n) is 2.57. The highest BCUT2D eigenvalue weighted by Crippen LogP contribution is 2.39. The number of amides is 1. The van der Waals surface area contributed by atoms with Crippen LogP contribution in [0.1, 0.15) is 12.8 Å². The Bertz CT molecular complexity index is 484. The van der Waals surface area contributed by atoms with Gasteiger partial charge in [0, 0.05) is 19.8 Å². The molecule has 1 amide bonds. The van der Waals surface area contributed by atoms with E-state index in [1.165, 1.54) is 0 Å². The van der Waals surface area contributed by atoms with E-state index in [4.69, 9.17) is 16.3 Å². The van der Waals surface area contributed by atoms with Crippen LogP contribution in [0, 0.1) is 5.41 Å². The highest BCUT2D eigenvalue weighted by molar-refractivity contribution is 6.34. The Morgan fingerprint density at radius 2 is 2.06 bits per heavy atom. The van der Waals surface area contributed by atoms with Crippen LogP contribution in [0.15, 0.2) is 18.2 Å². The summed E-state index contributed by atoms with van der Waals surface area (Å²) in [6.07, 6.45) is 1.49. The van der Waals surface area contributed by atoms with E-state index in [1.807, 2.05) is 18.2 Å². The van der Waals surface area contributed by atoms with E-state index in [0.717, 1.165) is 24.2 Å². The molecule has 5 heteroatoms. The van der Waals surface area contributed by atoms with Crippen molar-refractivity contribution >= 4 is 28.9 Å². The predicted molar refractivity (Wildman–Crippen MR) is 71.1 cm³/mol. The van der Waals surface area contributed by atoms with Crippen molar-refractivity contribution in [3.8, 4) is 0 Å². The first kappa shape index (κ1) is 11.8. The van der Waals surface area contributed by atoms with Crippen molar-refractivity contribution in [1.29, 1.82) is 0 Å². The van der Waals surface area contributed by atoms with Gasteiger partial charge in [-0.15, -0.1) is 0 Å². The van der Waals surface area contributed by atoms with Crippen LogP contribution < -0.4 is 10.6 Å². The number of hydrogen-bond acceptors (Lipinski definition) is 3. The van der Waals surface area contributed by atoms with Gasteiger partial charge in [0.25, 0.3) is 0 Å². The summed E-state index contributed by atoms with van der Waals surface area (Å²) in [7, 11) is 0. The summed E-state index contributed by atoms with van der Waals surface area (Å²) in [5.41, 5.74) is 1.20. The standard InChI is InChI=1S/C13H15ClN2O2/c14-9-2-1-3-10-11(9)15-8-13(12(17)16-10)4-6-18-7-5-13/h1-3,15H,4-8H2,(H,16,17). The van der Waals surface area contributed by atoms with Crippen molar-refractivity contribution in [2.45, 2.75) is 12.8 Å². The summed E-state index contributed by atoms with van der Waals surface area (Å²) >= 11 is 6.15. The molecule has 1 fully saturated rings. The Kier molecular flexibility index (Phi) is 2.92. The van der Waals surface area contributed by atoms with Gasteiger partial charge in [-0.3, -0.25) is 4.79 Å². The molecule has 96 valence electrons. The van der Waals surface area contributed by atoms with Crippen molar-refractivity contribution in [2.75, 3.05) is 30.4 Å². The molecule has 1 saturated heterocycles. The van der Waals surface area contributed by atoms with Gasteiger partial charge in [0.05, 0.1) is 21.8 Å². The lowest BCUT2D eigenvalue weighted by atomic mass is 9.79. The lowest BCUT2D eigenvalue weighted by molar-refractivity contribution is -0.129. The molecule has 0 radical (unpaired) electrons. The maximum Gasteiger partial charge on any atom is 0.232 e. The maximum atomic E-state index is 12.4. The second kappa shape index (κ2) is 4.44. The quantitative estimate of drug-likeness (QED) is 0.759. The molecule has 0 unspecified atom stereocenters. The van der Waals surface area contributed by atoms with Crippen LogP contribution in [0.25, 0.3) is 0 Å². The van der Waals surface area contributed by atoms with Gasteiger partial charge < -0.3 is 15.4 Å². The first-order valence-electron chi connectivity index (χ1n) is 6.13. The molecule has 0 bridgehead atoms. The summed E-state index contributed by atoms with van der Waals surface area (Å²) in [6, 6.07) is 5.52. The third-order valence-corrected chi connectivity index (χ3v) is 4.11. The first-order chi connectivity index (χ1) is 8.71. The van der Waals surface area contributed by atoms with E-state index in [1.54, 1.807) is 0 Å². The zero-order valence-electron chi connectivity index (χ0n) is 9.96. The van der Waals surface area contributed by atoms with Gasteiger partial charge in [-0.1, -0.05) is 17.7 Å². The molecule has 0 aliphatic carbocycles. The number of rotatable bonds is 0. The summed E-state index contributed by atoms with van der Waals surface area (Å²) in [6.45, 7) is 1.89. The SMILES string of the molecule is O=C1Nc2cccc(Cl)c2NCC12CCOCC2. The fraction of sp³-hybridized carbons (Fsp3) is 0.462. The molecule has 0 atom stereocenters. The van der Waals surface area contributed by atoms with E-state index in [2.05, 4.69) is 10.6 Å². The Labute approximate surface area is 111 Å². The van der Waals surface area contributed by atoms with Crippen LogP contribution in [-0.2, 0) is 9.53 Å². The molecule has 2 aliphatic heterocycles. The molecular weight excluding hydrogens is 252 g/mol. The molecule has 2 heterocycles. The van der Waals surface area contributed by atoms with Gasteiger partial charge in [0.2, 0.25) is 5.91 Å². The van der Waals surface area contributed by atoms with E-state index >= 15 is 0 Å². The van der Waals surface area contributed by atoms with Crippen LogP contribution in [0.2, 0.25) is 5.02 Å². The number of halogens is 1. The fourth-order valence-corrected chi connectivity index (χ4v) is 2.81. The maximum absolute atomic E-state index is 12.4. The highest BCUT2D eigenvalue weighted by atomic mass is 35.5. The van der Waals surface area contributed by atoms with Crippen LogP contribution in [0.3, 0.4) is 0 Å². The Hall–Kier alpha value is -1.26. The molecule has 1 spiro atoms. The number of ether oxygens (including phenoxy) is 1. The molecule has 0 saturated carbocycles. The van der Waals surface area contributed by atoms with Crippen molar-refractivity contribution in [3.63, 3.8) is 0 Å². The number of benzene rings is 1. The van der Waals surface area contributed by atoms with Crippen LogP contribution in [-0.4, -0.2) is 25.7 Å². The minimum atomic E-state index is -0.374. The second-order valence-corrected chi connectivity index (χ2v) is 5.27. The molecule has 1 aromatic carbocycles. The van der Waals surface area contributed by atoms with Crippen molar-refractivity contribution in [3.05, 3.63) is 23.2 Å². The van der Waals surface area contributed by atoms with Gasteiger partial charge in [0.15, 0.2) is 0 Å². The number of nitrogens with one attached hydrogen (secondary N) is 2. The Balaban J connectivity index is 1.95. The van der Waals surface area contributed by atoms with Gasteiger partial charge in [0.1, 0.15) is 0 Å². The van der Waals surface area contributed by atoms with Crippen molar-refractivity contribution < 1.29 is 9.53 Å². The first-order valence-corrected chi connectivity index (χ1v) is 6.51. The van der Waals surface area contributed by atoms with Crippen LogP contribution >= 0.6 is 11.6 Å². The largest absolute Gasteiger partial charge is 0.381 e. The Morgan fingerprint density at radius 3 is 2.83 bits per heavy atom. The van der Waals surface area contributed by atoms with E-state index < -0.39 is 0 Å². The molecule has 3 rings (SSSR count). The third-order valence-electron chi connectivity index (χ3n) is 3.80. The van der Waals surface area contributed by atoms with Gasteiger partial charge in [-0.25, -0.2) is 0 Å². The lowest BCUT2D eigenvalue weighted by Gasteiger charge is -2.34.